The van der Waals surface area contributed by atoms with Crippen LogP contribution in [0.25, 0.3) is 0 Å². The van der Waals surface area contributed by atoms with Gasteiger partial charge in [0.2, 0.25) is 0 Å². The molecule has 32 valence electrons. The summed E-state index contributed by atoms with van der Waals surface area (Å²) in [6.07, 6.45) is 0. The largest absolute Gasteiger partial charge is 0.274 e. The molecule has 0 bridgehead atoms. The Morgan fingerprint density at radius 3 is 1.00 bits per heavy atom. The molecule has 0 heterocycles. The van der Waals surface area contributed by atoms with Crippen LogP contribution < -0.4 is 11.7 Å². The third-order valence-electron chi connectivity index (χ3n) is 0. The second-order valence-corrected chi connectivity index (χ2v) is 0. The van der Waals surface area contributed by atoms with Crippen molar-refractivity contribution in [1.29, 1.82) is 0 Å². The van der Waals surface area contributed by atoms with Crippen molar-refractivity contribution in [3.63, 3.8) is 0 Å². The zero-order valence-electron chi connectivity index (χ0n) is 1.88. The van der Waals surface area contributed by atoms with Gasteiger partial charge < -0.3 is 0 Å². The van der Waals surface area contributed by atoms with Crippen LogP contribution in [-0.4, -0.2) is 0 Å². The zero-order chi connectivity index (χ0) is 2.00. The van der Waals surface area contributed by atoms with E-state index in [2.05, 4.69) is 11.7 Å². The molecule has 0 aliphatic heterocycles. The van der Waals surface area contributed by atoms with Crippen molar-refractivity contribution in [3.8, 4) is 0 Å². The average Bonchev–Trinajstić information content (AvgIpc) is 1.00. The molecule has 0 radical (unpaired) electrons. The average molecular weight is 175 g/mol. The fourth-order valence-electron chi connectivity index (χ4n) is 0. The van der Waals surface area contributed by atoms with Crippen LogP contribution in [0.3, 0.4) is 0 Å². The Morgan fingerprint density at radius 1 is 1.00 bits per heavy atom. The Balaban J connectivity index is -0.00000000500. The number of hydrazine groups is 1. The van der Waals surface area contributed by atoms with E-state index in [0.29, 0.717) is 0 Å². The minimum absolute atomic E-state index is 0. The second-order valence-electron chi connectivity index (χ2n) is 0. The number of halogens is 1. The quantitative estimate of drug-likeness (QED) is 0.288. The van der Waals surface area contributed by atoms with Crippen molar-refractivity contribution in [1.82, 2.24) is 0 Å². The standard InChI is InChI=1S/ClH.H4N2.Pd/c;1-2;/h1H;1-2H2;. The van der Waals surface area contributed by atoms with Crippen LogP contribution in [0.2, 0.25) is 0 Å². The first-order chi connectivity index (χ1) is 1.00. The van der Waals surface area contributed by atoms with Gasteiger partial charge in [-0.15, -0.1) is 12.4 Å². The van der Waals surface area contributed by atoms with Crippen LogP contribution in [0.1, 0.15) is 0 Å². The van der Waals surface area contributed by atoms with Crippen molar-refractivity contribution in [2.75, 3.05) is 0 Å². The first kappa shape index (κ1) is 20.8. The smallest absolute Gasteiger partial charge is 0 e. The summed E-state index contributed by atoms with van der Waals surface area (Å²) >= 11 is 0. The van der Waals surface area contributed by atoms with Gasteiger partial charge in [-0.2, -0.15) is 0 Å². The number of nitrogens with two attached hydrogens (primary N) is 2. The second kappa shape index (κ2) is 42.0. The number of rotatable bonds is 0. The number of hydrogen-bond donors (Lipinski definition) is 2. The molecule has 4 heavy (non-hydrogen) atoms. The van der Waals surface area contributed by atoms with Gasteiger partial charge in [0.15, 0.2) is 0 Å². The Morgan fingerprint density at radius 2 is 1.00 bits per heavy atom. The van der Waals surface area contributed by atoms with E-state index in [1.165, 1.54) is 0 Å². The van der Waals surface area contributed by atoms with Crippen LogP contribution in [0, 0.1) is 0 Å². The first-order valence-electron chi connectivity index (χ1n) is 0.333. The molecular formula is H5ClN2Pd. The van der Waals surface area contributed by atoms with Crippen molar-refractivity contribution in [2.45, 2.75) is 0 Å². The normalized spacial score (nSPS) is 1.50. The van der Waals surface area contributed by atoms with Gasteiger partial charge in [-0.25, -0.2) is 0 Å². The summed E-state index contributed by atoms with van der Waals surface area (Å²) < 4.78 is 0. The van der Waals surface area contributed by atoms with Crippen molar-refractivity contribution < 1.29 is 20.4 Å². The maximum atomic E-state index is 4.00. The van der Waals surface area contributed by atoms with E-state index in [-0.39, 0.29) is 32.8 Å². The van der Waals surface area contributed by atoms with E-state index >= 15 is 0 Å². The first-order valence-corrected chi connectivity index (χ1v) is 0.333. The summed E-state index contributed by atoms with van der Waals surface area (Å²) in [5.41, 5.74) is 0. The van der Waals surface area contributed by atoms with E-state index in [4.69, 9.17) is 0 Å². The molecule has 0 rings (SSSR count). The molecule has 0 aromatic rings. The summed E-state index contributed by atoms with van der Waals surface area (Å²) in [4.78, 5) is 0. The predicted octanol–water partition coefficient (Wildman–Crippen LogP) is -0.762. The Kier molecular flexibility index (Phi) is 219. The van der Waals surface area contributed by atoms with Gasteiger partial charge in [-0.3, -0.25) is 11.7 Å². The molecule has 4 heteroatoms. The Labute approximate surface area is 45.0 Å². The monoisotopic (exact) mass is 174 g/mol. The molecule has 0 aromatic carbocycles. The number of hydrogen-bond acceptors (Lipinski definition) is 2. The molecule has 0 fully saturated rings. The molecule has 0 saturated heterocycles. The molecule has 0 saturated carbocycles. The van der Waals surface area contributed by atoms with E-state index in [1.54, 1.807) is 0 Å². The van der Waals surface area contributed by atoms with Gasteiger partial charge in [0.25, 0.3) is 0 Å². The SMILES string of the molecule is Cl.NN.[Pd]. The fraction of sp³-hybridized carbons (Fsp3) is 0. The van der Waals surface area contributed by atoms with Gasteiger partial charge in [-0.05, 0) is 0 Å². The summed E-state index contributed by atoms with van der Waals surface area (Å²) in [5.74, 6) is 8.00. The molecule has 0 aliphatic carbocycles. The molecule has 0 aromatic heterocycles. The van der Waals surface area contributed by atoms with E-state index in [9.17, 15) is 0 Å². The Bertz CT molecular complexity index is 6.00. The minimum Gasteiger partial charge on any atom is -0.274 e. The van der Waals surface area contributed by atoms with Gasteiger partial charge >= 0.3 is 0 Å². The van der Waals surface area contributed by atoms with Gasteiger partial charge in [-0.1, -0.05) is 0 Å². The molecule has 0 spiro atoms. The molecule has 0 aliphatic rings. The summed E-state index contributed by atoms with van der Waals surface area (Å²) in [6, 6.07) is 0. The van der Waals surface area contributed by atoms with E-state index in [1.807, 2.05) is 0 Å². The molecule has 0 unspecified atom stereocenters. The molecule has 4 N–H and O–H groups in total. The van der Waals surface area contributed by atoms with Gasteiger partial charge in [0.1, 0.15) is 0 Å². The summed E-state index contributed by atoms with van der Waals surface area (Å²) in [6.45, 7) is 0. The molecule has 0 atom stereocenters. The van der Waals surface area contributed by atoms with Gasteiger partial charge in [0.05, 0.1) is 0 Å². The van der Waals surface area contributed by atoms with Crippen LogP contribution >= 0.6 is 12.4 Å². The minimum atomic E-state index is 0. The maximum absolute atomic E-state index is 4.00. The maximum Gasteiger partial charge on any atom is 0 e. The molecular weight excluding hydrogens is 170 g/mol. The topological polar surface area (TPSA) is 52.0 Å². The predicted molar refractivity (Wildman–Crippen MR) is 15.6 cm³/mol. The summed E-state index contributed by atoms with van der Waals surface area (Å²) in [7, 11) is 0. The van der Waals surface area contributed by atoms with Gasteiger partial charge in [0, 0.05) is 20.4 Å². The van der Waals surface area contributed by atoms with E-state index < -0.39 is 0 Å². The van der Waals surface area contributed by atoms with Crippen LogP contribution in [0.5, 0.6) is 0 Å². The van der Waals surface area contributed by atoms with Crippen LogP contribution in [-0.2, 0) is 20.4 Å². The van der Waals surface area contributed by atoms with Crippen LogP contribution in [0.4, 0.5) is 0 Å². The molecule has 2 nitrogen and oxygen atoms in total. The van der Waals surface area contributed by atoms with Crippen molar-refractivity contribution in [3.05, 3.63) is 0 Å². The fourth-order valence-corrected chi connectivity index (χ4v) is 0. The molecule has 0 amide bonds. The van der Waals surface area contributed by atoms with E-state index in [0.717, 1.165) is 0 Å². The summed E-state index contributed by atoms with van der Waals surface area (Å²) in [5, 5.41) is 0. The van der Waals surface area contributed by atoms with Crippen molar-refractivity contribution >= 4 is 12.4 Å². The third kappa shape index (κ3) is 13.2. The van der Waals surface area contributed by atoms with Crippen molar-refractivity contribution in [2.24, 2.45) is 11.7 Å². The Hall–Kier alpha value is 0.872. The van der Waals surface area contributed by atoms with Crippen LogP contribution in [0.15, 0.2) is 0 Å². The zero-order valence-corrected chi connectivity index (χ0v) is 4.25. The third-order valence-corrected chi connectivity index (χ3v) is 0.